The van der Waals surface area contributed by atoms with Crippen LogP contribution in [0.5, 0.6) is 0 Å². The van der Waals surface area contributed by atoms with Crippen LogP contribution >= 0.6 is 0 Å². The van der Waals surface area contributed by atoms with Gasteiger partial charge in [-0.25, -0.2) is 0 Å². The van der Waals surface area contributed by atoms with Gasteiger partial charge in [-0.2, -0.15) is 0 Å². The highest BCUT2D eigenvalue weighted by atomic mass is 16.5. The van der Waals surface area contributed by atoms with Crippen molar-refractivity contribution < 1.29 is 23.9 Å². The summed E-state index contributed by atoms with van der Waals surface area (Å²) >= 11 is 0. The van der Waals surface area contributed by atoms with E-state index in [-0.39, 0.29) is 47.7 Å². The third-order valence-corrected chi connectivity index (χ3v) is 10.0. The Balaban J connectivity index is 1.67. The van der Waals surface area contributed by atoms with Crippen molar-refractivity contribution in [3.8, 4) is 0 Å². The zero-order valence-corrected chi connectivity index (χ0v) is 30.8. The molecule has 0 aromatic heterocycles. The summed E-state index contributed by atoms with van der Waals surface area (Å²) in [5.41, 5.74) is -0.00579. The summed E-state index contributed by atoms with van der Waals surface area (Å²) in [6, 6.07) is -1.59. The number of likely N-dealkylation sites (N-methyl/N-ethyl adjacent to an activating group) is 1. The van der Waals surface area contributed by atoms with E-state index < -0.39 is 17.5 Å². The van der Waals surface area contributed by atoms with E-state index in [9.17, 15) is 19.2 Å². The van der Waals surface area contributed by atoms with E-state index in [1.165, 1.54) is 0 Å². The van der Waals surface area contributed by atoms with Gasteiger partial charge in [0.15, 0.2) is 0 Å². The number of carbonyl (C=O) groups excluding carboxylic acids is 4. The first-order valence-electron chi connectivity index (χ1n) is 18.0. The second kappa shape index (κ2) is 17.8. The summed E-state index contributed by atoms with van der Waals surface area (Å²) in [5.74, 6) is -0.529. The fourth-order valence-electron chi connectivity index (χ4n) is 7.14. The number of hydrogen-bond acceptors (Lipinski definition) is 7. The van der Waals surface area contributed by atoms with Crippen LogP contribution in [0, 0.1) is 11.3 Å². The van der Waals surface area contributed by atoms with Crippen LogP contribution < -0.4 is 10.6 Å². The van der Waals surface area contributed by atoms with Gasteiger partial charge in [0.05, 0.1) is 25.3 Å². The molecule has 0 spiro atoms. The monoisotopic (exact) mass is 660 g/mol. The second-order valence-electron chi connectivity index (χ2n) is 15.4. The van der Waals surface area contributed by atoms with Crippen LogP contribution in [-0.2, 0) is 23.9 Å². The average molecular weight is 661 g/mol. The first-order chi connectivity index (χ1) is 22.1. The van der Waals surface area contributed by atoms with Crippen molar-refractivity contribution in [2.24, 2.45) is 11.3 Å². The molecular weight excluding hydrogens is 596 g/mol. The molecule has 3 heterocycles. The van der Waals surface area contributed by atoms with Gasteiger partial charge in [0.25, 0.3) is 0 Å². The summed E-state index contributed by atoms with van der Waals surface area (Å²) in [7, 11) is 1.76. The Bertz CT molecular complexity index is 1100. The van der Waals surface area contributed by atoms with E-state index in [0.717, 1.165) is 71.5 Å². The number of likely N-dealkylation sites (tertiary alicyclic amines) is 2. The summed E-state index contributed by atoms with van der Waals surface area (Å²) in [5, 5.41) is 6.20. The lowest BCUT2D eigenvalue weighted by atomic mass is 9.84. The molecule has 4 amide bonds. The fraction of sp³-hybridized carbons (Fsp3) is 0.833. The number of hydrogen-bond donors (Lipinski definition) is 2. The molecule has 0 aliphatic carbocycles. The molecule has 3 saturated heterocycles. The maximum Gasteiger partial charge on any atom is 0.249 e. The molecule has 0 aromatic rings. The third kappa shape index (κ3) is 10.7. The zero-order chi connectivity index (χ0) is 34.9. The number of carbonyl (C=O) groups is 4. The highest BCUT2D eigenvalue weighted by molar-refractivity contribution is 5.97. The largest absolute Gasteiger partial charge is 0.379 e. The van der Waals surface area contributed by atoms with Crippen molar-refractivity contribution in [1.82, 2.24) is 30.2 Å². The number of ether oxygens (including phenoxy) is 1. The van der Waals surface area contributed by atoms with E-state index in [4.69, 9.17) is 4.74 Å². The van der Waals surface area contributed by atoms with Crippen LogP contribution in [0.15, 0.2) is 11.6 Å². The number of morpholine rings is 1. The average Bonchev–Trinajstić information content (AvgIpc) is 3.53. The zero-order valence-electron chi connectivity index (χ0n) is 30.8. The quantitative estimate of drug-likeness (QED) is 0.231. The summed E-state index contributed by atoms with van der Waals surface area (Å²) in [6.45, 7) is 22.2. The lowest BCUT2D eigenvalue weighted by Crippen LogP contribution is -2.60. The molecule has 0 saturated carbocycles. The highest BCUT2D eigenvalue weighted by Gasteiger charge is 2.40. The van der Waals surface area contributed by atoms with Crippen LogP contribution in [0.25, 0.3) is 0 Å². The molecule has 0 aromatic carbocycles. The minimum Gasteiger partial charge on any atom is -0.379 e. The van der Waals surface area contributed by atoms with E-state index in [1.807, 2.05) is 40.7 Å². The number of piperidine rings is 1. The standard InChI is InChI=1S/C36H64N6O5/c1-25(2)30(39(9)35(46)31(36(6,7)8)38-33(44)29-14-10-11-18-41(29)26(3)4)24-27(5)34(45)42-19-12-15-28(42)32(43)37-16-13-17-40-20-22-47-23-21-40/h24-26,28-31H,10-23H2,1-9H3,(H,37,43)(H,38,44)/t28-,29?,30+,31+/m0/s1. The molecule has 47 heavy (non-hydrogen) atoms. The maximum absolute atomic E-state index is 14.2. The SMILES string of the molecule is CC(=C[C@H](C(C)C)N(C)C(=O)[C@@H](NC(=O)C1CCCCN1C(C)C)C(C)(C)C)C(=O)N1CCC[C@H]1C(=O)NCCCN1CCOCC1. The molecule has 0 radical (unpaired) electrons. The van der Waals surface area contributed by atoms with Gasteiger partial charge in [0.1, 0.15) is 12.1 Å². The van der Waals surface area contributed by atoms with Crippen molar-refractivity contribution in [1.29, 1.82) is 0 Å². The number of nitrogens with one attached hydrogen (secondary N) is 2. The van der Waals surface area contributed by atoms with Gasteiger partial charge in [0, 0.05) is 44.8 Å². The Labute approximate surface area is 284 Å². The first kappa shape index (κ1) is 38.9. The number of nitrogens with zero attached hydrogens (tertiary/aromatic N) is 4. The van der Waals surface area contributed by atoms with Gasteiger partial charge in [0.2, 0.25) is 23.6 Å². The van der Waals surface area contributed by atoms with E-state index in [2.05, 4.69) is 34.3 Å². The molecule has 11 nitrogen and oxygen atoms in total. The van der Waals surface area contributed by atoms with Crippen molar-refractivity contribution >= 4 is 23.6 Å². The van der Waals surface area contributed by atoms with Gasteiger partial charge in [-0.05, 0) is 77.3 Å². The van der Waals surface area contributed by atoms with Crippen LogP contribution in [-0.4, -0.2) is 133 Å². The number of amides is 4. The summed E-state index contributed by atoms with van der Waals surface area (Å²) in [4.78, 5) is 62.6. The molecule has 268 valence electrons. The Morgan fingerprint density at radius 3 is 2.19 bits per heavy atom. The molecule has 3 rings (SSSR count). The lowest BCUT2D eigenvalue weighted by Gasteiger charge is -2.41. The van der Waals surface area contributed by atoms with Crippen molar-refractivity contribution in [2.75, 3.05) is 59.5 Å². The predicted octanol–water partition coefficient (Wildman–Crippen LogP) is 3.04. The first-order valence-corrected chi connectivity index (χ1v) is 18.0. The Morgan fingerprint density at radius 1 is 0.915 bits per heavy atom. The lowest BCUT2D eigenvalue weighted by molar-refractivity contribution is -0.142. The van der Waals surface area contributed by atoms with E-state index >= 15 is 0 Å². The minimum atomic E-state index is -0.725. The van der Waals surface area contributed by atoms with Gasteiger partial charge >= 0.3 is 0 Å². The van der Waals surface area contributed by atoms with E-state index in [0.29, 0.717) is 25.1 Å². The van der Waals surface area contributed by atoms with Crippen LogP contribution in [0.4, 0.5) is 0 Å². The smallest absolute Gasteiger partial charge is 0.249 e. The van der Waals surface area contributed by atoms with Gasteiger partial charge in [-0.15, -0.1) is 0 Å². The van der Waals surface area contributed by atoms with Crippen LogP contribution in [0.1, 0.15) is 93.9 Å². The highest BCUT2D eigenvalue weighted by Crippen LogP contribution is 2.27. The van der Waals surface area contributed by atoms with Crippen molar-refractivity contribution in [3.63, 3.8) is 0 Å². The summed E-state index contributed by atoms with van der Waals surface area (Å²) < 4.78 is 5.41. The maximum atomic E-state index is 14.2. The van der Waals surface area contributed by atoms with Crippen LogP contribution in [0.2, 0.25) is 0 Å². The second-order valence-corrected chi connectivity index (χ2v) is 15.4. The Morgan fingerprint density at radius 2 is 1.57 bits per heavy atom. The molecular formula is C36H64N6O5. The van der Waals surface area contributed by atoms with Gasteiger partial charge in [-0.1, -0.05) is 47.1 Å². The Hall–Kier alpha value is -2.50. The molecule has 0 bridgehead atoms. The molecule has 3 aliphatic rings. The van der Waals surface area contributed by atoms with Crippen LogP contribution in [0.3, 0.4) is 0 Å². The molecule has 1 unspecified atom stereocenters. The molecule has 3 aliphatic heterocycles. The molecule has 11 heteroatoms. The van der Waals surface area contributed by atoms with Crippen molar-refractivity contribution in [2.45, 2.75) is 124 Å². The topological polar surface area (TPSA) is 115 Å². The predicted molar refractivity (Wildman–Crippen MR) is 186 cm³/mol. The normalized spacial score (nSPS) is 23.1. The summed E-state index contributed by atoms with van der Waals surface area (Å²) in [6.07, 6.45) is 7.00. The van der Waals surface area contributed by atoms with Gasteiger partial charge < -0.3 is 25.2 Å². The van der Waals surface area contributed by atoms with E-state index in [1.54, 1.807) is 23.8 Å². The third-order valence-electron chi connectivity index (χ3n) is 10.0. The van der Waals surface area contributed by atoms with Crippen molar-refractivity contribution in [3.05, 3.63) is 11.6 Å². The minimum absolute atomic E-state index is 0.0157. The fourth-order valence-corrected chi connectivity index (χ4v) is 7.14. The Kier molecular flexibility index (Phi) is 14.7. The number of rotatable bonds is 13. The molecule has 4 atom stereocenters. The van der Waals surface area contributed by atoms with Gasteiger partial charge in [-0.3, -0.25) is 29.0 Å². The molecule has 2 N–H and O–H groups in total. The molecule has 3 fully saturated rings.